The van der Waals surface area contributed by atoms with Gasteiger partial charge in [0, 0.05) is 5.56 Å². The van der Waals surface area contributed by atoms with Gasteiger partial charge in [-0.2, -0.15) is 0 Å². The molecule has 0 aliphatic rings. The molecular formula is C17H17NO2. The smallest absolute Gasteiger partial charge is 0.119 e. The Balaban J connectivity index is 2.19. The van der Waals surface area contributed by atoms with Crippen LogP contribution in [0.1, 0.15) is 11.1 Å². The van der Waals surface area contributed by atoms with E-state index in [0.717, 1.165) is 11.1 Å². The lowest BCUT2D eigenvalue weighted by atomic mass is 10.0. The lowest BCUT2D eigenvalue weighted by Crippen LogP contribution is -2.19. The maximum atomic E-state index is 10.3. The van der Waals surface area contributed by atoms with Crippen LogP contribution in [0.2, 0.25) is 0 Å². The van der Waals surface area contributed by atoms with Gasteiger partial charge in [0.05, 0.1) is 0 Å². The minimum Gasteiger partial charge on any atom is -0.399 e. The van der Waals surface area contributed by atoms with Crippen molar-refractivity contribution in [3.63, 3.8) is 0 Å². The second-order valence-electron chi connectivity index (χ2n) is 4.24. The minimum atomic E-state index is -0.822. The number of rotatable bonds is 5. The van der Waals surface area contributed by atoms with Crippen molar-refractivity contribution in [3.8, 4) is 0 Å². The Hall–Kier alpha value is -2.39. The summed E-state index contributed by atoms with van der Waals surface area (Å²) in [5.41, 5.74) is 2.34. The topological polar surface area (TPSA) is 41.8 Å². The predicted molar refractivity (Wildman–Crippen MR) is 81.5 cm³/mol. The largest absolute Gasteiger partial charge is 0.399 e. The molecule has 2 rings (SSSR count). The van der Waals surface area contributed by atoms with Gasteiger partial charge in [-0.3, -0.25) is 0 Å². The highest BCUT2D eigenvalue weighted by molar-refractivity contribution is 6.04. The number of oxime groups is 1. The highest BCUT2D eigenvalue weighted by Gasteiger charge is 2.12. The molecule has 1 N–H and O–H groups in total. The van der Waals surface area contributed by atoms with Gasteiger partial charge in [0.2, 0.25) is 0 Å². The molecule has 2 aromatic carbocycles. The quantitative estimate of drug-likeness (QED) is 0.668. The summed E-state index contributed by atoms with van der Waals surface area (Å²) in [5.74, 6) is 0. The zero-order valence-corrected chi connectivity index (χ0v) is 11.3. The van der Waals surface area contributed by atoms with E-state index in [1.54, 1.807) is 6.08 Å². The first-order valence-corrected chi connectivity index (χ1v) is 6.39. The van der Waals surface area contributed by atoms with Crippen LogP contribution in [-0.4, -0.2) is 24.0 Å². The SMILES string of the molecule is CO/N=C(/c1ccccc1)C(O)/C=C/c1ccccc1. The fourth-order valence-corrected chi connectivity index (χ4v) is 1.84. The summed E-state index contributed by atoms with van der Waals surface area (Å²) in [6.45, 7) is 0. The molecule has 3 heteroatoms. The number of aliphatic hydroxyl groups excluding tert-OH is 1. The molecule has 2 aromatic rings. The van der Waals surface area contributed by atoms with E-state index in [-0.39, 0.29) is 0 Å². The Bertz CT molecular complexity index is 576. The van der Waals surface area contributed by atoms with Gasteiger partial charge in [0.15, 0.2) is 0 Å². The summed E-state index contributed by atoms with van der Waals surface area (Å²) in [6.07, 6.45) is 2.73. The fourth-order valence-electron chi connectivity index (χ4n) is 1.84. The Morgan fingerprint density at radius 2 is 1.65 bits per heavy atom. The van der Waals surface area contributed by atoms with E-state index in [4.69, 9.17) is 4.84 Å². The van der Waals surface area contributed by atoms with E-state index in [9.17, 15) is 5.11 Å². The van der Waals surface area contributed by atoms with Gasteiger partial charge in [-0.15, -0.1) is 0 Å². The predicted octanol–water partition coefficient (Wildman–Crippen LogP) is 3.11. The second kappa shape index (κ2) is 7.26. The lowest BCUT2D eigenvalue weighted by Gasteiger charge is -2.09. The average Bonchev–Trinajstić information content (AvgIpc) is 2.52. The standard InChI is InChI=1S/C17H17NO2/c1-20-18-17(15-10-6-3-7-11-15)16(19)13-12-14-8-4-2-5-9-14/h2-13,16,19H,1H3/b13-12+,18-17-. The van der Waals surface area contributed by atoms with Gasteiger partial charge in [-0.1, -0.05) is 71.9 Å². The van der Waals surface area contributed by atoms with Crippen LogP contribution >= 0.6 is 0 Å². The molecule has 0 heterocycles. The monoisotopic (exact) mass is 267 g/mol. The molecule has 0 fully saturated rings. The van der Waals surface area contributed by atoms with Gasteiger partial charge in [-0.05, 0) is 11.6 Å². The number of hydrogen-bond acceptors (Lipinski definition) is 3. The van der Waals surface area contributed by atoms with Crippen molar-refractivity contribution in [2.75, 3.05) is 7.11 Å². The van der Waals surface area contributed by atoms with Gasteiger partial charge in [0.1, 0.15) is 18.9 Å². The van der Waals surface area contributed by atoms with E-state index in [0.29, 0.717) is 5.71 Å². The first-order valence-electron chi connectivity index (χ1n) is 6.39. The highest BCUT2D eigenvalue weighted by Crippen LogP contribution is 2.09. The normalized spacial score (nSPS) is 13.4. The lowest BCUT2D eigenvalue weighted by molar-refractivity contribution is 0.204. The molecule has 0 aliphatic heterocycles. The maximum Gasteiger partial charge on any atom is 0.119 e. The summed E-state index contributed by atoms with van der Waals surface area (Å²) >= 11 is 0. The van der Waals surface area contributed by atoms with Crippen molar-refractivity contribution in [2.45, 2.75) is 6.10 Å². The Morgan fingerprint density at radius 3 is 2.25 bits per heavy atom. The van der Waals surface area contributed by atoms with Gasteiger partial charge < -0.3 is 9.94 Å². The molecular weight excluding hydrogens is 250 g/mol. The van der Waals surface area contributed by atoms with E-state index in [1.807, 2.05) is 66.7 Å². The Morgan fingerprint density at radius 1 is 1.05 bits per heavy atom. The maximum absolute atomic E-state index is 10.3. The summed E-state index contributed by atoms with van der Waals surface area (Å²) in [5, 5.41) is 14.2. The van der Waals surface area contributed by atoms with Crippen LogP contribution in [0.25, 0.3) is 6.08 Å². The van der Waals surface area contributed by atoms with Crippen molar-refractivity contribution in [1.82, 2.24) is 0 Å². The third kappa shape index (κ3) is 3.80. The van der Waals surface area contributed by atoms with Crippen molar-refractivity contribution in [1.29, 1.82) is 0 Å². The molecule has 1 atom stereocenters. The van der Waals surface area contributed by atoms with Crippen LogP contribution in [0, 0.1) is 0 Å². The molecule has 102 valence electrons. The van der Waals surface area contributed by atoms with Gasteiger partial charge >= 0.3 is 0 Å². The zero-order valence-electron chi connectivity index (χ0n) is 11.3. The summed E-state index contributed by atoms with van der Waals surface area (Å²) in [4.78, 5) is 4.83. The van der Waals surface area contributed by atoms with Crippen molar-refractivity contribution in [3.05, 3.63) is 77.9 Å². The number of hydrogen-bond donors (Lipinski definition) is 1. The molecule has 0 saturated carbocycles. The van der Waals surface area contributed by atoms with Crippen molar-refractivity contribution >= 4 is 11.8 Å². The van der Waals surface area contributed by atoms with E-state index in [2.05, 4.69) is 5.16 Å². The molecule has 0 radical (unpaired) electrons. The molecule has 20 heavy (non-hydrogen) atoms. The van der Waals surface area contributed by atoms with E-state index >= 15 is 0 Å². The third-order valence-corrected chi connectivity index (χ3v) is 2.81. The van der Waals surface area contributed by atoms with E-state index < -0.39 is 6.10 Å². The van der Waals surface area contributed by atoms with Crippen LogP contribution < -0.4 is 0 Å². The molecule has 0 saturated heterocycles. The number of benzene rings is 2. The summed E-state index contributed by atoms with van der Waals surface area (Å²) in [6, 6.07) is 19.3. The first kappa shape index (κ1) is 14.0. The summed E-state index contributed by atoms with van der Waals surface area (Å²) < 4.78 is 0. The van der Waals surface area contributed by atoms with Crippen LogP contribution in [0.15, 0.2) is 71.9 Å². The van der Waals surface area contributed by atoms with Crippen LogP contribution in [0.3, 0.4) is 0 Å². The highest BCUT2D eigenvalue weighted by atomic mass is 16.6. The molecule has 0 amide bonds. The van der Waals surface area contributed by atoms with Crippen LogP contribution in [0.4, 0.5) is 0 Å². The minimum absolute atomic E-state index is 0.486. The molecule has 0 bridgehead atoms. The molecule has 0 aromatic heterocycles. The Kier molecular flexibility index (Phi) is 5.09. The first-order chi connectivity index (χ1) is 9.81. The second-order valence-corrected chi connectivity index (χ2v) is 4.24. The van der Waals surface area contributed by atoms with Crippen LogP contribution in [-0.2, 0) is 4.84 Å². The average molecular weight is 267 g/mol. The zero-order chi connectivity index (χ0) is 14.2. The van der Waals surface area contributed by atoms with Gasteiger partial charge in [-0.25, -0.2) is 0 Å². The fraction of sp³-hybridized carbons (Fsp3) is 0.118. The molecule has 1 unspecified atom stereocenters. The van der Waals surface area contributed by atoms with E-state index in [1.165, 1.54) is 7.11 Å². The summed E-state index contributed by atoms with van der Waals surface area (Å²) in [7, 11) is 1.47. The van der Waals surface area contributed by atoms with Crippen molar-refractivity contribution in [2.24, 2.45) is 5.16 Å². The number of aliphatic hydroxyl groups is 1. The molecule has 0 spiro atoms. The van der Waals surface area contributed by atoms with Gasteiger partial charge in [0.25, 0.3) is 0 Å². The Labute approximate surface area is 118 Å². The molecule has 3 nitrogen and oxygen atoms in total. The third-order valence-electron chi connectivity index (χ3n) is 2.81. The van der Waals surface area contributed by atoms with Crippen LogP contribution in [0.5, 0.6) is 0 Å². The molecule has 0 aliphatic carbocycles. The number of nitrogens with zero attached hydrogens (tertiary/aromatic N) is 1. The van der Waals surface area contributed by atoms with Crippen molar-refractivity contribution < 1.29 is 9.94 Å².